The zero-order valence-corrected chi connectivity index (χ0v) is 28.1. The lowest BCUT2D eigenvalue weighted by molar-refractivity contribution is -0.870. The molecule has 3 atom stereocenters. The molecule has 0 saturated carbocycles. The number of nitrogens with zero attached hydrogens (tertiary/aromatic N) is 1. The maximum atomic E-state index is 12.6. The predicted octanol–water partition coefficient (Wildman–Crippen LogP) is 7.05. The molecule has 0 radical (unpaired) electrons. The van der Waals surface area contributed by atoms with Crippen molar-refractivity contribution in [2.45, 2.75) is 148 Å². The number of nitrogens with one attached hydrogen (secondary N) is 1. The van der Waals surface area contributed by atoms with Crippen LogP contribution in [0.15, 0.2) is 12.2 Å². The summed E-state index contributed by atoms with van der Waals surface area (Å²) in [5.41, 5.74) is 0. The van der Waals surface area contributed by atoms with Crippen LogP contribution in [0.25, 0.3) is 0 Å². The summed E-state index contributed by atoms with van der Waals surface area (Å²) in [6, 6.07) is -0.875. The molecule has 0 aromatic heterocycles. The fraction of sp³-hybridized carbons (Fsp3) is 0.906. The zero-order valence-electron chi connectivity index (χ0n) is 27.2. The first kappa shape index (κ1) is 40.2. The summed E-state index contributed by atoms with van der Waals surface area (Å²) in [7, 11) is 1.26. The van der Waals surface area contributed by atoms with E-state index in [-0.39, 0.29) is 19.1 Å². The van der Waals surface area contributed by atoms with Gasteiger partial charge in [0.1, 0.15) is 13.2 Å². The second-order valence-corrected chi connectivity index (χ2v) is 13.9. The van der Waals surface area contributed by atoms with Crippen LogP contribution in [0.2, 0.25) is 0 Å². The quantitative estimate of drug-likeness (QED) is 0.0410. The largest absolute Gasteiger partial charge is 0.756 e. The third kappa shape index (κ3) is 27.8. The van der Waals surface area contributed by atoms with E-state index in [1.54, 1.807) is 6.08 Å². The lowest BCUT2D eigenvalue weighted by Gasteiger charge is -2.29. The molecule has 0 aliphatic rings. The molecule has 0 rings (SSSR count). The molecule has 1 amide bonds. The summed E-state index contributed by atoms with van der Waals surface area (Å²) >= 11 is 0. The van der Waals surface area contributed by atoms with Crippen molar-refractivity contribution in [3.63, 3.8) is 0 Å². The number of aliphatic hydroxyl groups is 1. The van der Waals surface area contributed by atoms with Crippen LogP contribution in [-0.4, -0.2) is 68.5 Å². The van der Waals surface area contributed by atoms with E-state index in [0.717, 1.165) is 38.5 Å². The molecule has 0 bridgehead atoms. The first-order valence-corrected chi connectivity index (χ1v) is 18.0. The minimum absolute atomic E-state index is 0.000744. The van der Waals surface area contributed by atoms with Gasteiger partial charge in [0, 0.05) is 6.42 Å². The molecular formula is C32H65N2O6P. The number of quaternary nitrogens is 1. The number of phosphoric acid groups is 1. The Morgan fingerprint density at radius 2 is 1.32 bits per heavy atom. The third-order valence-electron chi connectivity index (χ3n) is 7.25. The average molecular weight is 605 g/mol. The van der Waals surface area contributed by atoms with Crippen molar-refractivity contribution in [3.8, 4) is 0 Å². The summed E-state index contributed by atoms with van der Waals surface area (Å²) in [5, 5.41) is 13.6. The molecule has 8 nitrogen and oxygen atoms in total. The zero-order chi connectivity index (χ0) is 30.8. The Hall–Kier alpha value is -0.760. The molecule has 9 heteroatoms. The molecule has 0 aromatic rings. The highest BCUT2D eigenvalue weighted by atomic mass is 31.2. The van der Waals surface area contributed by atoms with Gasteiger partial charge in [-0.3, -0.25) is 9.36 Å². The highest BCUT2D eigenvalue weighted by molar-refractivity contribution is 7.45. The van der Waals surface area contributed by atoms with Gasteiger partial charge in [0.2, 0.25) is 5.91 Å². The number of rotatable bonds is 29. The molecular weight excluding hydrogens is 539 g/mol. The van der Waals surface area contributed by atoms with Crippen molar-refractivity contribution in [2.75, 3.05) is 40.9 Å². The van der Waals surface area contributed by atoms with E-state index in [4.69, 9.17) is 9.05 Å². The van der Waals surface area contributed by atoms with E-state index < -0.39 is 20.0 Å². The average Bonchev–Trinajstić information content (AvgIpc) is 2.90. The summed E-state index contributed by atoms with van der Waals surface area (Å²) in [6.45, 7) is 4.54. The van der Waals surface area contributed by atoms with E-state index in [9.17, 15) is 19.4 Å². The molecule has 0 fully saturated rings. The number of aliphatic hydroxyl groups excluding tert-OH is 1. The number of hydrogen-bond donors (Lipinski definition) is 2. The van der Waals surface area contributed by atoms with E-state index in [0.29, 0.717) is 17.4 Å². The van der Waals surface area contributed by atoms with Gasteiger partial charge in [-0.15, -0.1) is 0 Å². The number of likely N-dealkylation sites (N-methyl/N-ethyl adjacent to an activating group) is 1. The van der Waals surface area contributed by atoms with Crippen molar-refractivity contribution in [1.82, 2.24) is 5.32 Å². The maximum Gasteiger partial charge on any atom is 0.268 e. The van der Waals surface area contributed by atoms with Gasteiger partial charge >= 0.3 is 0 Å². The molecule has 0 aromatic carbocycles. The van der Waals surface area contributed by atoms with Crippen molar-refractivity contribution in [2.24, 2.45) is 0 Å². The minimum atomic E-state index is -4.56. The molecule has 244 valence electrons. The fourth-order valence-electron chi connectivity index (χ4n) is 4.50. The van der Waals surface area contributed by atoms with E-state index in [2.05, 4.69) is 19.2 Å². The summed E-state index contributed by atoms with van der Waals surface area (Å²) in [6.07, 6.45) is 24.1. The monoisotopic (exact) mass is 604 g/mol. The lowest BCUT2D eigenvalue weighted by Crippen LogP contribution is -2.45. The first-order chi connectivity index (χ1) is 19.5. The molecule has 0 aliphatic carbocycles. The number of amides is 1. The molecule has 0 spiro atoms. The number of carbonyl (C=O) groups excluding carboxylic acids is 1. The number of allylic oxidation sites excluding steroid dienone is 1. The topological polar surface area (TPSA) is 108 Å². The van der Waals surface area contributed by atoms with Crippen LogP contribution in [0.3, 0.4) is 0 Å². The van der Waals surface area contributed by atoms with Crippen molar-refractivity contribution < 1.29 is 32.9 Å². The Morgan fingerprint density at radius 3 is 1.83 bits per heavy atom. The molecule has 2 N–H and O–H groups in total. The number of carbonyl (C=O) groups is 1. The lowest BCUT2D eigenvalue weighted by atomic mass is 10.0. The SMILES string of the molecule is CCCCCCCCCCCCC/C=C/C(O)C(COP(=O)([O-])OCC[N+](C)(C)C)NC(=O)CCCCCCCC. The van der Waals surface area contributed by atoms with Gasteiger partial charge in [0.05, 0.1) is 39.9 Å². The third-order valence-corrected chi connectivity index (χ3v) is 8.21. The van der Waals surface area contributed by atoms with E-state index >= 15 is 0 Å². The fourth-order valence-corrected chi connectivity index (χ4v) is 5.22. The summed E-state index contributed by atoms with van der Waals surface area (Å²) in [4.78, 5) is 24.8. The Kier molecular flexibility index (Phi) is 25.2. The van der Waals surface area contributed by atoms with Gasteiger partial charge in [0.15, 0.2) is 0 Å². The van der Waals surface area contributed by atoms with Gasteiger partial charge in [-0.1, -0.05) is 122 Å². The van der Waals surface area contributed by atoms with Crippen LogP contribution in [0.5, 0.6) is 0 Å². The van der Waals surface area contributed by atoms with Crippen molar-refractivity contribution in [3.05, 3.63) is 12.2 Å². The number of hydrogen-bond acceptors (Lipinski definition) is 6. The van der Waals surface area contributed by atoms with Crippen LogP contribution in [-0.2, 0) is 18.4 Å². The van der Waals surface area contributed by atoms with Crippen LogP contribution in [0, 0.1) is 0 Å². The Balaban J connectivity index is 4.58. The van der Waals surface area contributed by atoms with Gasteiger partial charge in [-0.25, -0.2) is 0 Å². The van der Waals surface area contributed by atoms with Crippen molar-refractivity contribution >= 4 is 13.7 Å². The highest BCUT2D eigenvalue weighted by Gasteiger charge is 2.23. The second-order valence-electron chi connectivity index (χ2n) is 12.5. The van der Waals surface area contributed by atoms with Gasteiger partial charge in [-0.05, 0) is 19.3 Å². The Bertz CT molecular complexity index is 698. The Morgan fingerprint density at radius 1 is 0.829 bits per heavy atom. The highest BCUT2D eigenvalue weighted by Crippen LogP contribution is 2.38. The summed E-state index contributed by atoms with van der Waals surface area (Å²) in [5.74, 6) is -0.210. The van der Waals surface area contributed by atoms with Gasteiger partial charge < -0.3 is 28.8 Å². The molecule has 0 heterocycles. The van der Waals surface area contributed by atoms with E-state index in [1.807, 2.05) is 27.2 Å². The summed E-state index contributed by atoms with van der Waals surface area (Å²) < 4.78 is 22.9. The normalized spacial score (nSPS) is 15.2. The van der Waals surface area contributed by atoms with Crippen molar-refractivity contribution in [1.29, 1.82) is 0 Å². The number of phosphoric ester groups is 1. The van der Waals surface area contributed by atoms with Crippen LogP contribution >= 0.6 is 7.82 Å². The smallest absolute Gasteiger partial charge is 0.268 e. The van der Waals surface area contributed by atoms with Crippen LogP contribution in [0.1, 0.15) is 136 Å². The Labute approximate surface area is 252 Å². The van der Waals surface area contributed by atoms with Crippen LogP contribution in [0.4, 0.5) is 0 Å². The van der Waals surface area contributed by atoms with Gasteiger partial charge in [0.25, 0.3) is 7.82 Å². The number of unbranched alkanes of at least 4 members (excludes halogenated alkanes) is 16. The molecule has 41 heavy (non-hydrogen) atoms. The van der Waals surface area contributed by atoms with Crippen LogP contribution < -0.4 is 10.2 Å². The molecule has 0 aliphatic heterocycles. The van der Waals surface area contributed by atoms with Gasteiger partial charge in [-0.2, -0.15) is 0 Å². The minimum Gasteiger partial charge on any atom is -0.756 e. The second kappa shape index (κ2) is 25.7. The maximum absolute atomic E-state index is 12.6. The molecule has 3 unspecified atom stereocenters. The standard InChI is InChI=1S/C32H65N2O6P/c1-6-8-10-12-14-15-16-17-18-19-20-21-23-25-31(35)30(33-32(36)26-24-22-13-11-9-7-2)29-40-41(37,38)39-28-27-34(3,4)5/h23,25,30-31,35H,6-22,24,26-29H2,1-5H3,(H-,33,36,37,38)/b25-23+. The molecule has 0 saturated heterocycles. The first-order valence-electron chi connectivity index (χ1n) is 16.6. The van der Waals surface area contributed by atoms with E-state index in [1.165, 1.54) is 77.0 Å². The predicted molar refractivity (Wildman–Crippen MR) is 169 cm³/mol.